The minimum Gasteiger partial charge on any atom is -0.480 e. The fourth-order valence-corrected chi connectivity index (χ4v) is 4.79. The summed E-state index contributed by atoms with van der Waals surface area (Å²) in [7, 11) is 0. The monoisotopic (exact) mass is 304 g/mol. The van der Waals surface area contributed by atoms with Crippen LogP contribution in [0.4, 0.5) is 4.79 Å². The minimum absolute atomic E-state index is 0.0667. The highest BCUT2D eigenvalue weighted by Gasteiger charge is 2.39. The van der Waals surface area contributed by atoms with E-state index in [0.717, 1.165) is 24.3 Å². The molecule has 5 nitrogen and oxygen atoms in total. The first-order chi connectivity index (χ1) is 9.09. The number of carboxylic acids is 1. The van der Waals surface area contributed by atoms with Crippen LogP contribution in [-0.2, 0) is 4.79 Å². The summed E-state index contributed by atoms with van der Waals surface area (Å²) in [5.41, 5.74) is 0. The van der Waals surface area contributed by atoms with E-state index in [1.807, 2.05) is 18.7 Å². The van der Waals surface area contributed by atoms with Crippen LogP contribution >= 0.6 is 23.5 Å². The van der Waals surface area contributed by atoms with Crippen molar-refractivity contribution >= 4 is 35.5 Å². The molecule has 0 bridgehead atoms. The van der Waals surface area contributed by atoms with E-state index >= 15 is 0 Å². The molecule has 2 amide bonds. The van der Waals surface area contributed by atoms with Gasteiger partial charge in [-0.15, -0.1) is 11.8 Å². The second-order valence-electron chi connectivity index (χ2n) is 4.94. The van der Waals surface area contributed by atoms with E-state index in [0.29, 0.717) is 18.2 Å². The van der Waals surface area contributed by atoms with Gasteiger partial charge in [-0.3, -0.25) is 4.90 Å². The Morgan fingerprint density at radius 2 is 2.05 bits per heavy atom. The van der Waals surface area contributed by atoms with Gasteiger partial charge in [0.15, 0.2) is 0 Å². The highest BCUT2D eigenvalue weighted by molar-refractivity contribution is 8.00. The van der Waals surface area contributed by atoms with E-state index in [1.165, 1.54) is 16.7 Å². The lowest BCUT2D eigenvalue weighted by molar-refractivity contribution is -0.141. The second kappa shape index (κ2) is 6.74. The van der Waals surface area contributed by atoms with Gasteiger partial charge in [0, 0.05) is 12.3 Å². The van der Waals surface area contributed by atoms with E-state index < -0.39 is 12.0 Å². The van der Waals surface area contributed by atoms with Gasteiger partial charge in [0.2, 0.25) is 0 Å². The molecule has 0 spiro atoms. The van der Waals surface area contributed by atoms with Crippen molar-refractivity contribution in [3.8, 4) is 0 Å². The molecule has 0 aromatic heterocycles. The normalized spacial score (nSPS) is 28.4. The lowest BCUT2D eigenvalue weighted by Crippen LogP contribution is -2.50. The number of carboxylic acid groups (broad SMARTS) is 1. The first-order valence-electron chi connectivity index (χ1n) is 6.58. The number of nitrogens with zero attached hydrogens (tertiary/aromatic N) is 1. The Bertz CT molecular complexity index is 348. The average molecular weight is 304 g/mol. The van der Waals surface area contributed by atoms with Crippen LogP contribution in [0.5, 0.6) is 0 Å². The summed E-state index contributed by atoms with van der Waals surface area (Å²) in [6.45, 7) is 2.55. The van der Waals surface area contributed by atoms with Gasteiger partial charge < -0.3 is 10.4 Å². The Labute approximate surface area is 121 Å². The molecule has 2 saturated heterocycles. The molecule has 0 aromatic rings. The number of nitrogens with one attached hydrogen (secondary N) is 1. The van der Waals surface area contributed by atoms with Crippen LogP contribution in [0.1, 0.15) is 19.8 Å². The summed E-state index contributed by atoms with van der Waals surface area (Å²) in [5.74, 6) is 2.42. The predicted octanol–water partition coefficient (Wildman–Crippen LogP) is 1.69. The fourth-order valence-electron chi connectivity index (χ4n) is 2.41. The third kappa shape index (κ3) is 3.72. The summed E-state index contributed by atoms with van der Waals surface area (Å²) in [5, 5.41) is 12.0. The molecule has 2 fully saturated rings. The van der Waals surface area contributed by atoms with E-state index in [9.17, 15) is 9.59 Å². The number of thioether (sulfide) groups is 2. The largest absolute Gasteiger partial charge is 0.480 e. The molecular formula is C12H20N2O3S2. The highest BCUT2D eigenvalue weighted by atomic mass is 32.2. The third-order valence-corrected chi connectivity index (χ3v) is 5.89. The van der Waals surface area contributed by atoms with E-state index in [4.69, 9.17) is 5.11 Å². The first kappa shape index (κ1) is 14.8. The van der Waals surface area contributed by atoms with E-state index in [-0.39, 0.29) is 11.4 Å². The number of urea groups is 1. The van der Waals surface area contributed by atoms with Gasteiger partial charge in [0.25, 0.3) is 0 Å². The molecule has 2 rings (SSSR count). The van der Waals surface area contributed by atoms with Crippen LogP contribution in [-0.4, -0.2) is 57.2 Å². The van der Waals surface area contributed by atoms with Crippen LogP contribution in [0.3, 0.4) is 0 Å². The molecule has 19 heavy (non-hydrogen) atoms. The van der Waals surface area contributed by atoms with E-state index in [1.54, 1.807) is 0 Å². The van der Waals surface area contributed by atoms with Crippen molar-refractivity contribution in [2.45, 2.75) is 31.2 Å². The molecular weight excluding hydrogens is 284 g/mol. The molecule has 2 N–H and O–H groups in total. The summed E-state index contributed by atoms with van der Waals surface area (Å²) < 4.78 is 0. The molecule has 2 atom stereocenters. The van der Waals surface area contributed by atoms with Crippen LogP contribution in [0.25, 0.3) is 0 Å². The molecule has 0 saturated carbocycles. The fraction of sp³-hybridized carbons (Fsp3) is 0.833. The van der Waals surface area contributed by atoms with Gasteiger partial charge in [-0.2, -0.15) is 11.8 Å². The Morgan fingerprint density at radius 3 is 2.68 bits per heavy atom. The second-order valence-corrected chi connectivity index (χ2v) is 7.51. The minimum atomic E-state index is -0.916. The van der Waals surface area contributed by atoms with Crippen LogP contribution < -0.4 is 5.32 Å². The molecule has 2 heterocycles. The Hall–Kier alpha value is -0.560. The van der Waals surface area contributed by atoms with Gasteiger partial charge in [-0.25, -0.2) is 9.59 Å². The van der Waals surface area contributed by atoms with Crippen molar-refractivity contribution in [3.05, 3.63) is 0 Å². The molecule has 0 aromatic carbocycles. The maximum absolute atomic E-state index is 12.1. The van der Waals surface area contributed by atoms with Gasteiger partial charge in [-0.1, -0.05) is 0 Å². The third-order valence-electron chi connectivity index (χ3n) is 3.63. The van der Waals surface area contributed by atoms with Gasteiger partial charge in [0.1, 0.15) is 6.04 Å². The maximum Gasteiger partial charge on any atom is 0.327 e. The number of hydrogen-bond acceptors (Lipinski definition) is 4. The quantitative estimate of drug-likeness (QED) is 0.830. The van der Waals surface area contributed by atoms with Crippen LogP contribution in [0.15, 0.2) is 0 Å². The number of amides is 2. The van der Waals surface area contributed by atoms with Crippen molar-refractivity contribution in [3.63, 3.8) is 0 Å². The molecule has 2 aliphatic heterocycles. The number of hydrogen-bond donors (Lipinski definition) is 2. The first-order valence-corrected chi connectivity index (χ1v) is 8.78. The van der Waals surface area contributed by atoms with Gasteiger partial charge >= 0.3 is 12.0 Å². The van der Waals surface area contributed by atoms with Crippen molar-refractivity contribution in [1.82, 2.24) is 10.2 Å². The molecule has 7 heteroatoms. The number of carbonyl (C=O) groups is 2. The average Bonchev–Trinajstić information content (AvgIpc) is 2.79. The molecule has 108 valence electrons. The predicted molar refractivity (Wildman–Crippen MR) is 78.6 cm³/mol. The Morgan fingerprint density at radius 1 is 1.37 bits per heavy atom. The Balaban J connectivity index is 1.85. The van der Waals surface area contributed by atoms with Gasteiger partial charge in [-0.05, 0) is 37.2 Å². The zero-order valence-corrected chi connectivity index (χ0v) is 12.6. The van der Waals surface area contributed by atoms with Crippen molar-refractivity contribution in [1.29, 1.82) is 0 Å². The van der Waals surface area contributed by atoms with Crippen LogP contribution in [0, 0.1) is 5.92 Å². The Kier molecular flexibility index (Phi) is 5.27. The standard InChI is InChI=1S/C12H20N2O3S2/c1-8-14(10(7-19-8)11(15)16)12(17)13-6-9-2-4-18-5-3-9/h8-10H,2-7H2,1H3,(H,13,17)(H,15,16). The summed E-state index contributed by atoms with van der Waals surface area (Å²) in [4.78, 5) is 24.7. The molecule has 2 unspecified atom stereocenters. The number of aliphatic carboxylic acids is 1. The van der Waals surface area contributed by atoms with Crippen molar-refractivity contribution in [2.75, 3.05) is 23.8 Å². The number of carbonyl (C=O) groups excluding carboxylic acids is 1. The van der Waals surface area contributed by atoms with Crippen LogP contribution in [0.2, 0.25) is 0 Å². The van der Waals surface area contributed by atoms with Crippen molar-refractivity contribution in [2.24, 2.45) is 5.92 Å². The number of rotatable bonds is 3. The van der Waals surface area contributed by atoms with E-state index in [2.05, 4.69) is 5.32 Å². The smallest absolute Gasteiger partial charge is 0.327 e. The maximum atomic E-state index is 12.1. The molecule has 0 aliphatic carbocycles. The summed E-state index contributed by atoms with van der Waals surface area (Å²) >= 11 is 3.47. The SMILES string of the molecule is CC1SCC(C(=O)O)N1C(=O)NCC1CCSCC1. The summed E-state index contributed by atoms with van der Waals surface area (Å²) in [6, 6.07) is -0.926. The molecule has 0 radical (unpaired) electrons. The van der Waals surface area contributed by atoms with Crippen molar-refractivity contribution < 1.29 is 14.7 Å². The van der Waals surface area contributed by atoms with Gasteiger partial charge in [0.05, 0.1) is 5.37 Å². The highest BCUT2D eigenvalue weighted by Crippen LogP contribution is 2.29. The lowest BCUT2D eigenvalue weighted by Gasteiger charge is -2.27. The topological polar surface area (TPSA) is 69.6 Å². The lowest BCUT2D eigenvalue weighted by atomic mass is 10.0. The summed E-state index contributed by atoms with van der Waals surface area (Å²) in [6.07, 6.45) is 2.27. The zero-order valence-electron chi connectivity index (χ0n) is 11.0. The molecule has 2 aliphatic rings. The zero-order chi connectivity index (χ0) is 13.8.